The number of carbonyl (C=O) groups is 1. The fourth-order valence-electron chi connectivity index (χ4n) is 3.95. The Morgan fingerprint density at radius 1 is 0.838 bits per heavy atom. The third kappa shape index (κ3) is 5.23. The van der Waals surface area contributed by atoms with Crippen LogP contribution in [-0.4, -0.2) is 19.2 Å². The van der Waals surface area contributed by atoms with Gasteiger partial charge in [0.25, 0.3) is 0 Å². The van der Waals surface area contributed by atoms with E-state index in [4.69, 9.17) is 23.0 Å². The molecule has 0 bridgehead atoms. The minimum atomic E-state index is -0.649. The molecular weight excluding hydrogens is 476 g/mol. The van der Waals surface area contributed by atoms with Crippen molar-refractivity contribution in [2.45, 2.75) is 13.5 Å². The van der Waals surface area contributed by atoms with Gasteiger partial charge in [0.15, 0.2) is 17.9 Å². The first-order valence-electron chi connectivity index (χ1n) is 11.6. The number of hydrogen-bond donors (Lipinski definition) is 0. The lowest BCUT2D eigenvalue weighted by Crippen LogP contribution is -2.14. The van der Waals surface area contributed by atoms with Crippen molar-refractivity contribution in [2.75, 3.05) is 13.2 Å². The fourth-order valence-corrected chi connectivity index (χ4v) is 3.95. The van der Waals surface area contributed by atoms with E-state index < -0.39 is 17.2 Å². The molecule has 186 valence electrons. The van der Waals surface area contributed by atoms with E-state index in [1.54, 1.807) is 36.4 Å². The molecule has 0 N–H and O–H groups in total. The zero-order valence-corrected chi connectivity index (χ0v) is 19.9. The standard InChI is InChI=1S/C29H22O8/c1-2-33-24-10-6-9-19-13-23(29(32)37-28(19)24)22-15-26(30)36-25-14-20(11-12-21(22)25)34-17-27(31)35-16-18-7-4-3-5-8-18/h3-15H,2,16-17H2,1H3. The highest BCUT2D eigenvalue weighted by Crippen LogP contribution is 2.31. The maximum Gasteiger partial charge on any atom is 0.344 e. The second-order valence-electron chi connectivity index (χ2n) is 8.13. The molecule has 0 spiro atoms. The van der Waals surface area contributed by atoms with Gasteiger partial charge < -0.3 is 23.0 Å². The number of esters is 1. The zero-order valence-electron chi connectivity index (χ0n) is 19.9. The van der Waals surface area contributed by atoms with Gasteiger partial charge in [-0.2, -0.15) is 0 Å². The summed E-state index contributed by atoms with van der Waals surface area (Å²) in [6.07, 6.45) is 0. The van der Waals surface area contributed by atoms with Gasteiger partial charge in [0.05, 0.1) is 12.2 Å². The Morgan fingerprint density at radius 2 is 1.68 bits per heavy atom. The Bertz CT molecular complexity index is 1700. The molecular formula is C29H22O8. The molecule has 2 aromatic heterocycles. The van der Waals surface area contributed by atoms with E-state index in [9.17, 15) is 14.4 Å². The predicted octanol–water partition coefficient (Wildman–Crippen LogP) is 5.09. The highest BCUT2D eigenvalue weighted by atomic mass is 16.6. The van der Waals surface area contributed by atoms with E-state index in [-0.39, 0.29) is 24.4 Å². The summed E-state index contributed by atoms with van der Waals surface area (Å²) >= 11 is 0. The smallest absolute Gasteiger partial charge is 0.344 e. The summed E-state index contributed by atoms with van der Waals surface area (Å²) in [6.45, 7) is 2.08. The molecule has 0 amide bonds. The van der Waals surface area contributed by atoms with Crippen LogP contribution in [0.15, 0.2) is 97.3 Å². The van der Waals surface area contributed by atoms with Gasteiger partial charge in [-0.15, -0.1) is 0 Å². The van der Waals surface area contributed by atoms with Gasteiger partial charge in [0.1, 0.15) is 17.9 Å². The lowest BCUT2D eigenvalue weighted by atomic mass is 10.0. The van der Waals surface area contributed by atoms with Crippen LogP contribution >= 0.6 is 0 Å². The Kier molecular flexibility index (Phi) is 6.72. The van der Waals surface area contributed by atoms with Crippen LogP contribution in [0, 0.1) is 0 Å². The number of benzene rings is 3. The summed E-state index contributed by atoms with van der Waals surface area (Å²) in [5, 5.41) is 1.15. The highest BCUT2D eigenvalue weighted by molar-refractivity contribution is 5.96. The van der Waals surface area contributed by atoms with Crippen LogP contribution < -0.4 is 20.7 Å². The molecule has 2 heterocycles. The van der Waals surface area contributed by atoms with Crippen molar-refractivity contribution in [3.8, 4) is 22.6 Å². The Morgan fingerprint density at radius 3 is 2.49 bits per heavy atom. The summed E-state index contributed by atoms with van der Waals surface area (Å²) in [5.74, 6) is 0.223. The van der Waals surface area contributed by atoms with E-state index in [0.29, 0.717) is 40.0 Å². The summed E-state index contributed by atoms with van der Waals surface area (Å²) < 4.78 is 27.2. The molecule has 0 radical (unpaired) electrons. The Labute approximate surface area is 210 Å². The van der Waals surface area contributed by atoms with Crippen LogP contribution in [-0.2, 0) is 16.1 Å². The first-order valence-corrected chi connectivity index (χ1v) is 11.6. The molecule has 8 heteroatoms. The number of hydrogen-bond acceptors (Lipinski definition) is 8. The second-order valence-corrected chi connectivity index (χ2v) is 8.13. The van der Waals surface area contributed by atoms with Gasteiger partial charge in [0.2, 0.25) is 0 Å². The number of carbonyl (C=O) groups excluding carboxylic acids is 1. The SMILES string of the molecule is CCOc1cccc2cc(-c3cc(=O)oc4cc(OCC(=O)OCc5ccccc5)ccc34)c(=O)oc12. The van der Waals surface area contributed by atoms with Gasteiger partial charge >= 0.3 is 17.2 Å². The molecule has 5 aromatic rings. The van der Waals surface area contributed by atoms with Gasteiger partial charge in [-0.1, -0.05) is 42.5 Å². The van der Waals surface area contributed by atoms with Crippen molar-refractivity contribution in [3.05, 3.63) is 105 Å². The fraction of sp³-hybridized carbons (Fsp3) is 0.138. The first kappa shape index (κ1) is 23.9. The molecule has 8 nitrogen and oxygen atoms in total. The lowest BCUT2D eigenvalue weighted by Gasteiger charge is -2.10. The average Bonchev–Trinajstić information content (AvgIpc) is 2.91. The maximum atomic E-state index is 12.9. The number of rotatable bonds is 8. The van der Waals surface area contributed by atoms with Crippen LogP contribution in [0.5, 0.6) is 11.5 Å². The molecule has 3 aromatic carbocycles. The van der Waals surface area contributed by atoms with Gasteiger partial charge in [-0.25, -0.2) is 14.4 Å². The summed E-state index contributed by atoms with van der Waals surface area (Å²) in [7, 11) is 0. The molecule has 0 saturated carbocycles. The quantitative estimate of drug-likeness (QED) is 0.215. The molecule has 0 saturated heterocycles. The summed E-state index contributed by atoms with van der Waals surface area (Å²) in [6, 6.07) is 22.3. The van der Waals surface area contributed by atoms with Crippen LogP contribution in [0.1, 0.15) is 12.5 Å². The first-order chi connectivity index (χ1) is 18.0. The van der Waals surface area contributed by atoms with Crippen molar-refractivity contribution in [3.63, 3.8) is 0 Å². The highest BCUT2D eigenvalue weighted by Gasteiger charge is 2.16. The van der Waals surface area contributed by atoms with Crippen molar-refractivity contribution in [2.24, 2.45) is 0 Å². The number of para-hydroxylation sites is 1. The summed E-state index contributed by atoms with van der Waals surface area (Å²) in [5.41, 5.74) is 0.691. The van der Waals surface area contributed by atoms with Gasteiger partial charge in [-0.05, 0) is 36.8 Å². The normalized spacial score (nSPS) is 10.9. The largest absolute Gasteiger partial charge is 0.490 e. The van der Waals surface area contributed by atoms with Gasteiger partial charge in [-0.3, -0.25) is 0 Å². The molecule has 0 unspecified atom stereocenters. The number of fused-ring (bicyclic) bond motifs is 2. The summed E-state index contributed by atoms with van der Waals surface area (Å²) in [4.78, 5) is 37.4. The lowest BCUT2D eigenvalue weighted by molar-refractivity contribution is -0.147. The minimum absolute atomic E-state index is 0.138. The monoisotopic (exact) mass is 498 g/mol. The van der Waals surface area contributed by atoms with Crippen LogP contribution in [0.3, 0.4) is 0 Å². The van der Waals surface area contributed by atoms with E-state index in [0.717, 1.165) is 5.56 Å². The van der Waals surface area contributed by atoms with Crippen molar-refractivity contribution in [1.29, 1.82) is 0 Å². The van der Waals surface area contributed by atoms with E-state index in [1.165, 1.54) is 12.1 Å². The van der Waals surface area contributed by atoms with E-state index in [1.807, 2.05) is 37.3 Å². The van der Waals surface area contributed by atoms with Crippen LogP contribution in [0.4, 0.5) is 0 Å². The van der Waals surface area contributed by atoms with E-state index in [2.05, 4.69) is 0 Å². The maximum absolute atomic E-state index is 12.9. The van der Waals surface area contributed by atoms with E-state index >= 15 is 0 Å². The van der Waals surface area contributed by atoms with Crippen molar-refractivity contribution < 1.29 is 27.8 Å². The third-order valence-electron chi connectivity index (χ3n) is 5.63. The van der Waals surface area contributed by atoms with Crippen LogP contribution in [0.2, 0.25) is 0 Å². The number of ether oxygens (including phenoxy) is 3. The van der Waals surface area contributed by atoms with Crippen molar-refractivity contribution >= 4 is 27.9 Å². The molecule has 0 fully saturated rings. The Balaban J connectivity index is 1.41. The van der Waals surface area contributed by atoms with Gasteiger partial charge in [0, 0.05) is 28.5 Å². The van der Waals surface area contributed by atoms with Crippen molar-refractivity contribution in [1.82, 2.24) is 0 Å². The molecule has 37 heavy (non-hydrogen) atoms. The van der Waals surface area contributed by atoms with Crippen LogP contribution in [0.25, 0.3) is 33.1 Å². The topological polar surface area (TPSA) is 105 Å². The minimum Gasteiger partial charge on any atom is -0.490 e. The molecule has 0 aliphatic heterocycles. The molecule has 0 aliphatic carbocycles. The molecule has 0 atom stereocenters. The Hall–Kier alpha value is -4.85. The average molecular weight is 498 g/mol. The molecule has 5 rings (SSSR count). The molecule has 0 aliphatic rings. The third-order valence-corrected chi connectivity index (χ3v) is 5.63. The zero-order chi connectivity index (χ0) is 25.8. The predicted molar refractivity (Wildman–Crippen MR) is 137 cm³/mol. The second kappa shape index (κ2) is 10.4.